The highest BCUT2D eigenvalue weighted by Crippen LogP contribution is 2.28. The van der Waals surface area contributed by atoms with E-state index in [4.69, 9.17) is 0 Å². The van der Waals surface area contributed by atoms with Crippen molar-refractivity contribution in [1.29, 1.82) is 5.26 Å². The molecule has 0 radical (unpaired) electrons. The Kier molecular flexibility index (Phi) is 5.43. The molecule has 1 saturated heterocycles. The summed E-state index contributed by atoms with van der Waals surface area (Å²) < 4.78 is 0. The molecule has 0 bridgehead atoms. The molecule has 1 aromatic rings. The van der Waals surface area contributed by atoms with Gasteiger partial charge in [-0.1, -0.05) is 44.2 Å². The van der Waals surface area contributed by atoms with E-state index in [2.05, 4.69) is 40.6 Å². The van der Waals surface area contributed by atoms with E-state index in [0.29, 0.717) is 5.92 Å². The molecule has 3 atom stereocenters. The molecule has 0 unspecified atom stereocenters. The van der Waals surface area contributed by atoms with E-state index < -0.39 is 5.54 Å². The topological polar surface area (TPSA) is 56.1 Å². The summed E-state index contributed by atoms with van der Waals surface area (Å²) in [6.45, 7) is 9.44. The highest BCUT2D eigenvalue weighted by Gasteiger charge is 2.35. The summed E-state index contributed by atoms with van der Waals surface area (Å²) >= 11 is 0. The van der Waals surface area contributed by atoms with Gasteiger partial charge < -0.3 is 5.32 Å². The van der Waals surface area contributed by atoms with E-state index in [1.54, 1.807) is 6.92 Å². The van der Waals surface area contributed by atoms with Crippen LogP contribution in [0.25, 0.3) is 0 Å². The summed E-state index contributed by atoms with van der Waals surface area (Å²) in [4.78, 5) is 14.8. The van der Waals surface area contributed by atoms with E-state index >= 15 is 0 Å². The second-order valence-electron chi connectivity index (χ2n) is 7.03. The monoisotopic (exact) mass is 313 g/mol. The average molecular weight is 313 g/mol. The van der Waals surface area contributed by atoms with Crippen molar-refractivity contribution in [1.82, 2.24) is 10.2 Å². The van der Waals surface area contributed by atoms with Crippen LogP contribution < -0.4 is 5.32 Å². The zero-order valence-corrected chi connectivity index (χ0v) is 14.5. The van der Waals surface area contributed by atoms with E-state index in [1.165, 1.54) is 5.56 Å². The van der Waals surface area contributed by atoms with Gasteiger partial charge in [0.25, 0.3) is 0 Å². The molecule has 1 N–H and O–H groups in total. The van der Waals surface area contributed by atoms with Gasteiger partial charge in [0.1, 0.15) is 5.54 Å². The maximum absolute atomic E-state index is 12.5. The van der Waals surface area contributed by atoms with Crippen LogP contribution in [0.5, 0.6) is 0 Å². The molecule has 0 aromatic heterocycles. The molecule has 1 aliphatic heterocycles. The highest BCUT2D eigenvalue weighted by atomic mass is 16.2. The third kappa shape index (κ3) is 3.92. The number of hydrogen-bond acceptors (Lipinski definition) is 3. The molecule has 4 heteroatoms. The number of hydrogen-bond donors (Lipinski definition) is 1. The van der Waals surface area contributed by atoms with Crippen molar-refractivity contribution in [2.24, 2.45) is 5.92 Å². The Bertz CT molecular complexity index is 578. The maximum atomic E-state index is 12.5. The molecule has 4 nitrogen and oxygen atoms in total. The molecule has 0 spiro atoms. The first kappa shape index (κ1) is 17.5. The summed E-state index contributed by atoms with van der Waals surface area (Å²) in [5, 5.41) is 12.3. The third-order valence-electron chi connectivity index (χ3n) is 5.19. The van der Waals surface area contributed by atoms with Gasteiger partial charge in [0.05, 0.1) is 12.1 Å². The Hall–Kier alpha value is -1.86. The number of nitrogens with one attached hydrogen (secondary N) is 1. The first-order valence-corrected chi connectivity index (χ1v) is 8.39. The van der Waals surface area contributed by atoms with E-state index in [9.17, 15) is 10.1 Å². The lowest BCUT2D eigenvalue weighted by Crippen LogP contribution is -2.54. The first-order chi connectivity index (χ1) is 10.9. The fourth-order valence-corrected chi connectivity index (χ4v) is 2.96. The largest absolute Gasteiger partial charge is 0.336 e. The smallest absolute Gasteiger partial charge is 0.238 e. The lowest BCUT2D eigenvalue weighted by Gasteiger charge is -2.31. The van der Waals surface area contributed by atoms with Crippen LogP contribution in [0.4, 0.5) is 0 Å². The van der Waals surface area contributed by atoms with Gasteiger partial charge in [-0.2, -0.15) is 5.26 Å². The van der Waals surface area contributed by atoms with Gasteiger partial charge in [-0.05, 0) is 44.2 Å². The van der Waals surface area contributed by atoms with Crippen LogP contribution in [0, 0.1) is 17.2 Å². The van der Waals surface area contributed by atoms with Crippen molar-refractivity contribution >= 4 is 5.91 Å². The lowest BCUT2D eigenvalue weighted by atomic mass is 9.90. The van der Waals surface area contributed by atoms with Crippen molar-refractivity contribution in [3.05, 3.63) is 35.9 Å². The Labute approximate surface area is 139 Å². The Morgan fingerprint density at radius 1 is 1.35 bits per heavy atom. The van der Waals surface area contributed by atoms with Crippen LogP contribution in [0.1, 0.15) is 45.6 Å². The molecule has 1 fully saturated rings. The van der Waals surface area contributed by atoms with E-state index in [-0.39, 0.29) is 17.9 Å². The number of benzene rings is 1. The quantitative estimate of drug-likeness (QED) is 0.909. The second kappa shape index (κ2) is 7.14. The van der Waals surface area contributed by atoms with Crippen molar-refractivity contribution in [3.63, 3.8) is 0 Å². The van der Waals surface area contributed by atoms with Crippen LogP contribution in [-0.4, -0.2) is 35.5 Å². The van der Waals surface area contributed by atoms with E-state index in [0.717, 1.165) is 19.5 Å². The minimum Gasteiger partial charge on any atom is -0.336 e. The fourth-order valence-electron chi connectivity index (χ4n) is 2.96. The molecule has 0 saturated carbocycles. The molecule has 0 aliphatic carbocycles. The normalized spacial score (nSPS) is 22.3. The van der Waals surface area contributed by atoms with Crippen LogP contribution in [0.3, 0.4) is 0 Å². The molecule has 1 heterocycles. The van der Waals surface area contributed by atoms with Crippen molar-refractivity contribution in [3.8, 4) is 6.07 Å². The number of likely N-dealkylation sites (tertiary alicyclic amines) is 1. The molecule has 1 aromatic carbocycles. The summed E-state index contributed by atoms with van der Waals surface area (Å²) in [5.41, 5.74) is 0.524. The predicted octanol–water partition coefficient (Wildman–Crippen LogP) is 2.92. The SMILES string of the molecule is CC(C)[C@](C)(C#N)NC(=O)[C@@H](C)N1CC[C@H](c2ccccc2)C1. The highest BCUT2D eigenvalue weighted by molar-refractivity contribution is 5.82. The molecular formula is C19H27N3O. The van der Waals surface area contributed by atoms with Gasteiger partial charge in [0.2, 0.25) is 5.91 Å². The fraction of sp³-hybridized carbons (Fsp3) is 0.579. The summed E-state index contributed by atoms with van der Waals surface area (Å²) in [6, 6.07) is 12.5. The van der Waals surface area contributed by atoms with Gasteiger partial charge in [0.15, 0.2) is 0 Å². The van der Waals surface area contributed by atoms with Crippen LogP contribution in [0.2, 0.25) is 0 Å². The minimum atomic E-state index is -0.816. The summed E-state index contributed by atoms with van der Waals surface area (Å²) in [5.74, 6) is 0.495. The summed E-state index contributed by atoms with van der Waals surface area (Å²) in [7, 11) is 0. The molecule has 23 heavy (non-hydrogen) atoms. The Morgan fingerprint density at radius 3 is 2.57 bits per heavy atom. The number of carbonyl (C=O) groups is 1. The standard InChI is InChI=1S/C19H27N3O/c1-14(2)19(4,13-20)21-18(23)15(3)22-11-10-17(12-22)16-8-6-5-7-9-16/h5-9,14-15,17H,10-12H2,1-4H3,(H,21,23)/t15-,17+,19+/m1/s1. The summed E-state index contributed by atoms with van der Waals surface area (Å²) in [6.07, 6.45) is 1.07. The van der Waals surface area contributed by atoms with Gasteiger partial charge in [-0.15, -0.1) is 0 Å². The van der Waals surface area contributed by atoms with Crippen LogP contribution in [0.15, 0.2) is 30.3 Å². The molecule has 124 valence electrons. The maximum Gasteiger partial charge on any atom is 0.238 e. The molecular weight excluding hydrogens is 286 g/mol. The van der Waals surface area contributed by atoms with Gasteiger partial charge >= 0.3 is 0 Å². The molecule has 1 amide bonds. The number of rotatable bonds is 5. The average Bonchev–Trinajstić information content (AvgIpc) is 3.04. The Morgan fingerprint density at radius 2 is 2.00 bits per heavy atom. The zero-order chi connectivity index (χ0) is 17.0. The van der Waals surface area contributed by atoms with Crippen molar-refractivity contribution in [2.45, 2.75) is 51.6 Å². The first-order valence-electron chi connectivity index (χ1n) is 8.39. The van der Waals surface area contributed by atoms with E-state index in [1.807, 2.05) is 26.8 Å². The van der Waals surface area contributed by atoms with Crippen LogP contribution >= 0.6 is 0 Å². The number of amides is 1. The van der Waals surface area contributed by atoms with Crippen molar-refractivity contribution in [2.75, 3.05) is 13.1 Å². The van der Waals surface area contributed by atoms with Crippen LogP contribution in [-0.2, 0) is 4.79 Å². The zero-order valence-electron chi connectivity index (χ0n) is 14.5. The molecule has 2 rings (SSSR count). The number of nitrogens with zero attached hydrogens (tertiary/aromatic N) is 2. The Balaban J connectivity index is 1.98. The number of carbonyl (C=O) groups excluding carboxylic acids is 1. The van der Waals surface area contributed by atoms with Gasteiger partial charge in [-0.3, -0.25) is 9.69 Å². The second-order valence-corrected chi connectivity index (χ2v) is 7.03. The predicted molar refractivity (Wildman–Crippen MR) is 91.8 cm³/mol. The number of nitriles is 1. The van der Waals surface area contributed by atoms with Gasteiger partial charge in [-0.25, -0.2) is 0 Å². The third-order valence-corrected chi connectivity index (χ3v) is 5.19. The van der Waals surface area contributed by atoms with Gasteiger partial charge in [0, 0.05) is 6.54 Å². The lowest BCUT2D eigenvalue weighted by molar-refractivity contribution is -0.127. The molecule has 1 aliphatic rings. The van der Waals surface area contributed by atoms with Crippen molar-refractivity contribution < 1.29 is 4.79 Å². The minimum absolute atomic E-state index is 0.0588.